The number of hydrogen-bond donors (Lipinski definition) is 2. The molecule has 0 saturated carbocycles. The molecule has 4 nitrogen and oxygen atoms in total. The van der Waals surface area contributed by atoms with Crippen LogP contribution >= 0.6 is 0 Å². The van der Waals surface area contributed by atoms with Crippen LogP contribution in [0.5, 0.6) is 0 Å². The van der Waals surface area contributed by atoms with Crippen LogP contribution in [0.1, 0.15) is 12.0 Å². The maximum Gasteiger partial charge on any atom is 0.191 e. The molecule has 0 radical (unpaired) electrons. The van der Waals surface area contributed by atoms with Gasteiger partial charge in [0.1, 0.15) is 0 Å². The van der Waals surface area contributed by atoms with Crippen LogP contribution in [0.2, 0.25) is 0 Å². The second-order valence-electron chi connectivity index (χ2n) is 4.43. The first-order valence-electron chi connectivity index (χ1n) is 6.04. The van der Waals surface area contributed by atoms with E-state index in [2.05, 4.69) is 58.9 Å². The van der Waals surface area contributed by atoms with Crippen LogP contribution in [-0.4, -0.2) is 33.1 Å². The van der Waals surface area contributed by atoms with Gasteiger partial charge < -0.3 is 15.5 Å². The minimum absolute atomic E-state index is 0.813. The minimum atomic E-state index is 0.813. The standard InChI is InChI=1S/C13H20N4/c1-17(2)12-6-3-5-11(9-12)10-16-13-14-7-4-8-15-13/h3,5-6,9H,4,7-8,10H2,1-2H3,(H2,14,15,16). The number of hydrogen-bond acceptors (Lipinski definition) is 4. The van der Waals surface area contributed by atoms with E-state index in [0.717, 1.165) is 32.0 Å². The van der Waals surface area contributed by atoms with Gasteiger partial charge in [0.25, 0.3) is 0 Å². The summed E-state index contributed by atoms with van der Waals surface area (Å²) in [4.78, 5) is 6.50. The van der Waals surface area contributed by atoms with Crippen molar-refractivity contribution in [2.24, 2.45) is 4.99 Å². The van der Waals surface area contributed by atoms with Crippen molar-refractivity contribution < 1.29 is 0 Å². The third-order valence-electron chi connectivity index (χ3n) is 2.78. The lowest BCUT2D eigenvalue weighted by Crippen LogP contribution is -2.40. The first-order valence-corrected chi connectivity index (χ1v) is 6.04. The van der Waals surface area contributed by atoms with E-state index in [4.69, 9.17) is 0 Å². The molecule has 1 aromatic carbocycles. The minimum Gasteiger partial charge on any atom is -0.378 e. The Morgan fingerprint density at radius 3 is 3.00 bits per heavy atom. The smallest absolute Gasteiger partial charge is 0.191 e. The second kappa shape index (κ2) is 5.57. The maximum atomic E-state index is 4.39. The molecule has 0 aliphatic carbocycles. The number of nitrogens with zero attached hydrogens (tertiary/aromatic N) is 2. The third-order valence-corrected chi connectivity index (χ3v) is 2.78. The van der Waals surface area contributed by atoms with Crippen molar-refractivity contribution in [3.8, 4) is 0 Å². The van der Waals surface area contributed by atoms with Crippen LogP contribution in [0.15, 0.2) is 29.3 Å². The van der Waals surface area contributed by atoms with E-state index in [1.165, 1.54) is 11.3 Å². The molecule has 0 spiro atoms. The van der Waals surface area contributed by atoms with Crippen LogP contribution in [0.25, 0.3) is 0 Å². The Labute approximate surface area is 103 Å². The lowest BCUT2D eigenvalue weighted by molar-refractivity contribution is 0.702. The fraction of sp³-hybridized carbons (Fsp3) is 0.462. The molecular weight excluding hydrogens is 212 g/mol. The molecule has 1 aliphatic heterocycles. The second-order valence-corrected chi connectivity index (χ2v) is 4.43. The summed E-state index contributed by atoms with van der Waals surface area (Å²) in [7, 11) is 4.11. The molecule has 1 heterocycles. The number of aliphatic imine (C=N–C) groups is 1. The molecule has 1 aliphatic rings. The van der Waals surface area contributed by atoms with E-state index >= 15 is 0 Å². The largest absolute Gasteiger partial charge is 0.378 e. The first-order chi connectivity index (χ1) is 8.25. The van der Waals surface area contributed by atoms with Crippen molar-refractivity contribution in [2.45, 2.75) is 13.0 Å². The third kappa shape index (κ3) is 3.37. The maximum absolute atomic E-state index is 4.39. The topological polar surface area (TPSA) is 39.7 Å². The summed E-state index contributed by atoms with van der Waals surface area (Å²) in [5.74, 6) is 0.923. The highest BCUT2D eigenvalue weighted by atomic mass is 15.2. The predicted molar refractivity (Wildman–Crippen MR) is 72.5 cm³/mol. The zero-order chi connectivity index (χ0) is 12.1. The zero-order valence-corrected chi connectivity index (χ0v) is 10.5. The Balaban J connectivity index is 1.94. The molecular formula is C13H20N4. The number of anilines is 1. The van der Waals surface area contributed by atoms with Crippen LogP contribution in [-0.2, 0) is 6.54 Å². The molecule has 0 fully saturated rings. The van der Waals surface area contributed by atoms with E-state index < -0.39 is 0 Å². The van der Waals surface area contributed by atoms with Crippen molar-refractivity contribution in [1.29, 1.82) is 0 Å². The average Bonchev–Trinajstić information content (AvgIpc) is 2.38. The SMILES string of the molecule is CN(C)c1cccc(CNC2=NCCCN2)c1. The van der Waals surface area contributed by atoms with Gasteiger partial charge in [-0.15, -0.1) is 0 Å². The van der Waals surface area contributed by atoms with E-state index in [0.29, 0.717) is 0 Å². The fourth-order valence-corrected chi connectivity index (χ4v) is 1.78. The van der Waals surface area contributed by atoms with Crippen molar-refractivity contribution in [3.63, 3.8) is 0 Å². The summed E-state index contributed by atoms with van der Waals surface area (Å²) in [6, 6.07) is 8.52. The Kier molecular flexibility index (Phi) is 3.85. The van der Waals surface area contributed by atoms with Crippen LogP contribution < -0.4 is 15.5 Å². The van der Waals surface area contributed by atoms with Crippen molar-refractivity contribution in [2.75, 3.05) is 32.1 Å². The van der Waals surface area contributed by atoms with Crippen molar-refractivity contribution >= 4 is 11.6 Å². The summed E-state index contributed by atoms with van der Waals surface area (Å²) in [5.41, 5.74) is 2.49. The van der Waals surface area contributed by atoms with Crippen molar-refractivity contribution in [3.05, 3.63) is 29.8 Å². The molecule has 17 heavy (non-hydrogen) atoms. The summed E-state index contributed by atoms with van der Waals surface area (Å²) in [6.07, 6.45) is 1.13. The van der Waals surface area contributed by atoms with Gasteiger partial charge in [-0.2, -0.15) is 0 Å². The molecule has 0 saturated heterocycles. The Bertz CT molecular complexity index is 398. The highest BCUT2D eigenvalue weighted by Crippen LogP contribution is 2.13. The quantitative estimate of drug-likeness (QED) is 0.822. The van der Waals surface area contributed by atoms with Gasteiger partial charge in [-0.1, -0.05) is 12.1 Å². The molecule has 92 valence electrons. The number of nitrogens with one attached hydrogen (secondary N) is 2. The highest BCUT2D eigenvalue weighted by molar-refractivity contribution is 5.80. The summed E-state index contributed by atoms with van der Waals surface area (Å²) in [5, 5.41) is 6.58. The molecule has 2 rings (SSSR count). The molecule has 4 heteroatoms. The van der Waals surface area contributed by atoms with E-state index in [1.807, 2.05) is 0 Å². The van der Waals surface area contributed by atoms with Gasteiger partial charge in [-0.3, -0.25) is 4.99 Å². The highest BCUT2D eigenvalue weighted by Gasteiger charge is 2.03. The summed E-state index contributed by atoms with van der Waals surface area (Å²) in [6.45, 7) is 2.75. The normalized spacial score (nSPS) is 14.8. The van der Waals surface area contributed by atoms with Gasteiger partial charge in [0.15, 0.2) is 5.96 Å². The molecule has 0 atom stereocenters. The Morgan fingerprint density at radius 2 is 2.29 bits per heavy atom. The lowest BCUT2D eigenvalue weighted by Gasteiger charge is -2.17. The predicted octanol–water partition coefficient (Wildman–Crippen LogP) is 1.19. The lowest BCUT2D eigenvalue weighted by atomic mass is 10.2. The molecule has 1 aromatic rings. The fourth-order valence-electron chi connectivity index (χ4n) is 1.78. The van der Waals surface area contributed by atoms with Gasteiger partial charge in [0, 0.05) is 39.4 Å². The van der Waals surface area contributed by atoms with Gasteiger partial charge in [-0.25, -0.2) is 0 Å². The molecule has 0 unspecified atom stereocenters. The van der Waals surface area contributed by atoms with Crippen LogP contribution in [0, 0.1) is 0 Å². The van der Waals surface area contributed by atoms with E-state index in [-0.39, 0.29) is 0 Å². The van der Waals surface area contributed by atoms with Crippen molar-refractivity contribution in [1.82, 2.24) is 10.6 Å². The molecule has 2 N–H and O–H groups in total. The van der Waals surface area contributed by atoms with Gasteiger partial charge in [-0.05, 0) is 24.1 Å². The van der Waals surface area contributed by atoms with E-state index in [1.54, 1.807) is 0 Å². The monoisotopic (exact) mass is 232 g/mol. The molecule has 0 amide bonds. The zero-order valence-electron chi connectivity index (χ0n) is 10.5. The first kappa shape index (κ1) is 11.8. The Hall–Kier alpha value is -1.71. The average molecular weight is 232 g/mol. The van der Waals surface area contributed by atoms with Crippen LogP contribution in [0.4, 0.5) is 5.69 Å². The summed E-state index contributed by atoms with van der Waals surface area (Å²) < 4.78 is 0. The molecule has 0 bridgehead atoms. The summed E-state index contributed by atoms with van der Waals surface area (Å²) >= 11 is 0. The number of rotatable bonds is 3. The van der Waals surface area contributed by atoms with Crippen LogP contribution in [0.3, 0.4) is 0 Å². The number of guanidine groups is 1. The molecule has 0 aromatic heterocycles. The van der Waals surface area contributed by atoms with Gasteiger partial charge in [0.05, 0.1) is 0 Å². The Morgan fingerprint density at radius 1 is 1.41 bits per heavy atom. The van der Waals surface area contributed by atoms with Gasteiger partial charge >= 0.3 is 0 Å². The number of benzene rings is 1. The van der Waals surface area contributed by atoms with Gasteiger partial charge in [0.2, 0.25) is 0 Å². The van der Waals surface area contributed by atoms with E-state index in [9.17, 15) is 0 Å².